The molecule has 0 aromatic heterocycles. The van der Waals surface area contributed by atoms with Crippen molar-refractivity contribution in [1.82, 2.24) is 0 Å². The SMILES string of the molecule is Clc1cccc(Cl)c1COc1ccc2ccccc2c1CNc1ccc2c(c1)OCCO2. The summed E-state index contributed by atoms with van der Waals surface area (Å²) in [5.41, 5.74) is 2.78. The van der Waals surface area contributed by atoms with Gasteiger partial charge in [-0.15, -0.1) is 0 Å². The summed E-state index contributed by atoms with van der Waals surface area (Å²) in [6.07, 6.45) is 0. The zero-order valence-electron chi connectivity index (χ0n) is 17.2. The van der Waals surface area contributed by atoms with Crippen molar-refractivity contribution in [1.29, 1.82) is 0 Å². The Morgan fingerprint density at radius 2 is 1.56 bits per heavy atom. The molecule has 0 amide bonds. The molecule has 0 saturated heterocycles. The number of rotatable bonds is 6. The van der Waals surface area contributed by atoms with Crippen LogP contribution in [-0.4, -0.2) is 13.2 Å². The van der Waals surface area contributed by atoms with Gasteiger partial charge in [-0.05, 0) is 41.1 Å². The second kappa shape index (κ2) is 9.19. The molecule has 0 unspecified atom stereocenters. The average Bonchev–Trinajstić information content (AvgIpc) is 2.82. The lowest BCUT2D eigenvalue weighted by molar-refractivity contribution is 0.171. The van der Waals surface area contributed by atoms with Crippen LogP contribution in [0.25, 0.3) is 10.8 Å². The molecular weight excluding hydrogens is 445 g/mol. The highest BCUT2D eigenvalue weighted by Crippen LogP contribution is 2.35. The van der Waals surface area contributed by atoms with E-state index in [1.807, 2.05) is 54.6 Å². The largest absolute Gasteiger partial charge is 0.488 e. The van der Waals surface area contributed by atoms with E-state index >= 15 is 0 Å². The van der Waals surface area contributed by atoms with Crippen molar-refractivity contribution in [3.05, 3.63) is 94.0 Å². The fourth-order valence-corrected chi connectivity index (χ4v) is 4.30. The van der Waals surface area contributed by atoms with Crippen molar-refractivity contribution in [3.8, 4) is 17.2 Å². The van der Waals surface area contributed by atoms with Gasteiger partial charge in [0.05, 0.1) is 0 Å². The Balaban J connectivity index is 1.43. The highest BCUT2D eigenvalue weighted by molar-refractivity contribution is 6.35. The third-order valence-electron chi connectivity index (χ3n) is 5.44. The lowest BCUT2D eigenvalue weighted by Gasteiger charge is -2.20. The summed E-state index contributed by atoms with van der Waals surface area (Å²) in [4.78, 5) is 0. The van der Waals surface area contributed by atoms with Gasteiger partial charge in [0.15, 0.2) is 11.5 Å². The molecule has 1 aliphatic rings. The number of hydrogen-bond donors (Lipinski definition) is 1. The van der Waals surface area contributed by atoms with E-state index in [0.29, 0.717) is 29.8 Å². The summed E-state index contributed by atoms with van der Waals surface area (Å²) in [5, 5.41) is 6.95. The van der Waals surface area contributed by atoms with Crippen LogP contribution in [-0.2, 0) is 13.2 Å². The zero-order chi connectivity index (χ0) is 21.9. The van der Waals surface area contributed by atoms with Crippen LogP contribution in [0.15, 0.2) is 72.8 Å². The quantitative estimate of drug-likeness (QED) is 0.329. The van der Waals surface area contributed by atoms with E-state index in [0.717, 1.165) is 44.8 Å². The third-order valence-corrected chi connectivity index (χ3v) is 6.15. The Labute approximate surface area is 196 Å². The lowest BCUT2D eigenvalue weighted by Crippen LogP contribution is -2.15. The first-order chi connectivity index (χ1) is 15.7. The van der Waals surface area contributed by atoms with Gasteiger partial charge >= 0.3 is 0 Å². The smallest absolute Gasteiger partial charge is 0.163 e. The first-order valence-electron chi connectivity index (χ1n) is 10.4. The minimum Gasteiger partial charge on any atom is -0.488 e. The highest BCUT2D eigenvalue weighted by Gasteiger charge is 2.14. The van der Waals surface area contributed by atoms with E-state index in [-0.39, 0.29) is 6.61 Å². The molecule has 162 valence electrons. The van der Waals surface area contributed by atoms with Gasteiger partial charge < -0.3 is 19.5 Å². The first-order valence-corrected chi connectivity index (χ1v) is 11.1. The monoisotopic (exact) mass is 465 g/mol. The van der Waals surface area contributed by atoms with E-state index in [9.17, 15) is 0 Å². The topological polar surface area (TPSA) is 39.7 Å². The van der Waals surface area contributed by atoms with Gasteiger partial charge in [-0.1, -0.05) is 59.6 Å². The van der Waals surface area contributed by atoms with Crippen LogP contribution in [0.1, 0.15) is 11.1 Å². The summed E-state index contributed by atoms with van der Waals surface area (Å²) in [6.45, 7) is 1.99. The highest BCUT2D eigenvalue weighted by atomic mass is 35.5. The van der Waals surface area contributed by atoms with Crippen molar-refractivity contribution in [2.24, 2.45) is 0 Å². The zero-order valence-corrected chi connectivity index (χ0v) is 18.7. The summed E-state index contributed by atoms with van der Waals surface area (Å²) >= 11 is 12.7. The molecule has 0 fully saturated rings. The molecule has 4 aromatic carbocycles. The second-order valence-corrected chi connectivity index (χ2v) is 8.28. The van der Waals surface area contributed by atoms with Gasteiger partial charge in [-0.2, -0.15) is 0 Å². The van der Waals surface area contributed by atoms with Crippen molar-refractivity contribution < 1.29 is 14.2 Å². The molecule has 0 aliphatic carbocycles. The molecule has 1 heterocycles. The lowest BCUT2D eigenvalue weighted by atomic mass is 10.0. The molecular formula is C26H21Cl2NO3. The molecule has 0 radical (unpaired) electrons. The molecule has 4 nitrogen and oxygen atoms in total. The maximum atomic E-state index is 6.33. The van der Waals surface area contributed by atoms with Gasteiger partial charge in [-0.3, -0.25) is 0 Å². The molecule has 32 heavy (non-hydrogen) atoms. The summed E-state index contributed by atoms with van der Waals surface area (Å²) < 4.78 is 17.5. The van der Waals surface area contributed by atoms with Crippen molar-refractivity contribution in [2.45, 2.75) is 13.2 Å². The van der Waals surface area contributed by atoms with Crippen LogP contribution in [0.3, 0.4) is 0 Å². The Morgan fingerprint density at radius 3 is 2.41 bits per heavy atom. The predicted octanol–water partition coefficient (Wildman–Crippen LogP) is 7.11. The normalized spacial score (nSPS) is 12.6. The Kier molecular flexibility index (Phi) is 5.97. The van der Waals surface area contributed by atoms with E-state index in [2.05, 4.69) is 23.5 Å². The van der Waals surface area contributed by atoms with Crippen LogP contribution in [0.4, 0.5) is 5.69 Å². The first kappa shape index (κ1) is 20.8. The molecule has 5 rings (SSSR count). The molecule has 6 heteroatoms. The third kappa shape index (κ3) is 4.29. The summed E-state index contributed by atoms with van der Waals surface area (Å²) in [7, 11) is 0. The summed E-state index contributed by atoms with van der Waals surface area (Å²) in [5.74, 6) is 2.31. The van der Waals surface area contributed by atoms with Gasteiger partial charge in [0, 0.05) is 39.5 Å². The van der Waals surface area contributed by atoms with Crippen molar-refractivity contribution in [2.75, 3.05) is 18.5 Å². The molecule has 0 spiro atoms. The fourth-order valence-electron chi connectivity index (χ4n) is 3.80. The van der Waals surface area contributed by atoms with E-state index in [4.69, 9.17) is 37.4 Å². The van der Waals surface area contributed by atoms with E-state index in [1.165, 1.54) is 0 Å². The number of ether oxygens (including phenoxy) is 3. The molecule has 0 atom stereocenters. The number of hydrogen-bond acceptors (Lipinski definition) is 4. The maximum Gasteiger partial charge on any atom is 0.163 e. The van der Waals surface area contributed by atoms with Crippen LogP contribution in [0.5, 0.6) is 17.2 Å². The van der Waals surface area contributed by atoms with Crippen molar-refractivity contribution >= 4 is 39.7 Å². The van der Waals surface area contributed by atoms with Crippen LogP contribution >= 0.6 is 23.2 Å². The van der Waals surface area contributed by atoms with Crippen LogP contribution < -0.4 is 19.5 Å². The predicted molar refractivity (Wildman–Crippen MR) is 130 cm³/mol. The van der Waals surface area contributed by atoms with E-state index < -0.39 is 0 Å². The number of nitrogens with one attached hydrogen (secondary N) is 1. The van der Waals surface area contributed by atoms with E-state index in [1.54, 1.807) is 0 Å². The standard InChI is InChI=1S/C26H21Cl2NO3/c27-22-6-3-7-23(28)21(22)16-32-24-10-8-17-4-1-2-5-19(17)20(24)15-29-18-9-11-25-26(14-18)31-13-12-30-25/h1-11,14,29H,12-13,15-16H2. The minimum atomic E-state index is 0.286. The Bertz CT molecular complexity index is 1260. The fraction of sp³-hybridized carbons (Fsp3) is 0.154. The minimum absolute atomic E-state index is 0.286. The molecule has 0 bridgehead atoms. The van der Waals surface area contributed by atoms with Gasteiger partial charge in [0.25, 0.3) is 0 Å². The second-order valence-electron chi connectivity index (χ2n) is 7.46. The maximum absolute atomic E-state index is 6.33. The molecule has 4 aromatic rings. The molecule has 0 saturated carbocycles. The van der Waals surface area contributed by atoms with Crippen molar-refractivity contribution in [3.63, 3.8) is 0 Å². The number of anilines is 1. The average molecular weight is 466 g/mol. The molecule has 1 aliphatic heterocycles. The van der Waals surface area contributed by atoms with Gasteiger partial charge in [0.2, 0.25) is 0 Å². The van der Waals surface area contributed by atoms with Crippen LogP contribution in [0, 0.1) is 0 Å². The Hall–Kier alpha value is -3.08. The number of benzene rings is 4. The van der Waals surface area contributed by atoms with Crippen LogP contribution in [0.2, 0.25) is 10.0 Å². The Morgan fingerprint density at radius 1 is 0.781 bits per heavy atom. The summed E-state index contributed by atoms with van der Waals surface area (Å²) in [6, 6.07) is 23.7. The van der Waals surface area contributed by atoms with Gasteiger partial charge in [-0.25, -0.2) is 0 Å². The van der Waals surface area contributed by atoms with Gasteiger partial charge in [0.1, 0.15) is 25.6 Å². The number of halogens is 2. The molecule has 1 N–H and O–H groups in total. The number of fused-ring (bicyclic) bond motifs is 2.